The molecule has 0 aliphatic heterocycles. The van der Waals surface area contributed by atoms with Gasteiger partial charge in [-0.05, 0) is 37.9 Å². The van der Waals surface area contributed by atoms with Crippen LogP contribution in [0, 0.1) is 5.92 Å². The predicted molar refractivity (Wildman–Crippen MR) is 125 cm³/mol. The van der Waals surface area contributed by atoms with Crippen LogP contribution in [0.5, 0.6) is 5.75 Å². The summed E-state index contributed by atoms with van der Waals surface area (Å²) < 4.78 is 7.51. The van der Waals surface area contributed by atoms with Gasteiger partial charge in [0.2, 0.25) is 5.91 Å². The lowest BCUT2D eigenvalue weighted by Crippen LogP contribution is -2.44. The topological polar surface area (TPSA) is 96.7 Å². The van der Waals surface area contributed by atoms with Crippen LogP contribution in [0.15, 0.2) is 48.4 Å². The van der Waals surface area contributed by atoms with Crippen molar-refractivity contribution in [2.75, 3.05) is 25.5 Å². The van der Waals surface area contributed by atoms with Gasteiger partial charge in [-0.1, -0.05) is 37.6 Å². The van der Waals surface area contributed by atoms with Gasteiger partial charge in [0.25, 0.3) is 0 Å². The molecule has 8 nitrogen and oxygen atoms in total. The van der Waals surface area contributed by atoms with Crippen molar-refractivity contribution >= 4 is 29.6 Å². The minimum absolute atomic E-state index is 0.0791. The van der Waals surface area contributed by atoms with Crippen LogP contribution in [0.4, 0.5) is 5.82 Å². The largest absolute Gasteiger partial charge is 0.459 e. The summed E-state index contributed by atoms with van der Waals surface area (Å²) in [5, 5.41) is 16.6. The summed E-state index contributed by atoms with van der Waals surface area (Å²) >= 11 is 6.17. The second-order valence-electron chi connectivity index (χ2n) is 7.89. The van der Waals surface area contributed by atoms with E-state index < -0.39 is 6.04 Å². The van der Waals surface area contributed by atoms with E-state index in [1.165, 1.54) is 6.08 Å². The summed E-state index contributed by atoms with van der Waals surface area (Å²) in [6.07, 6.45) is 4.93. The Hall–Kier alpha value is -2.68. The number of para-hydroxylation sites is 1. The Labute approximate surface area is 193 Å². The van der Waals surface area contributed by atoms with Crippen LogP contribution in [0.3, 0.4) is 0 Å². The van der Waals surface area contributed by atoms with Gasteiger partial charge in [0.15, 0.2) is 5.82 Å². The fourth-order valence-electron chi connectivity index (χ4n) is 3.15. The third kappa shape index (κ3) is 8.11. The van der Waals surface area contributed by atoms with Crippen molar-refractivity contribution in [1.29, 1.82) is 0 Å². The number of hydrogen-bond donors (Lipinski definition) is 2. The van der Waals surface area contributed by atoms with E-state index >= 15 is 0 Å². The Bertz CT molecular complexity index is 913. The predicted octanol–water partition coefficient (Wildman–Crippen LogP) is 3.37. The first-order valence-electron chi connectivity index (χ1n) is 10.6. The lowest BCUT2D eigenvalue weighted by atomic mass is 10.0. The lowest BCUT2D eigenvalue weighted by Gasteiger charge is -2.28. The number of anilines is 1. The van der Waals surface area contributed by atoms with Gasteiger partial charge in [-0.2, -0.15) is 5.10 Å². The number of carbonyl (C=O) groups is 2. The van der Waals surface area contributed by atoms with Gasteiger partial charge in [-0.25, -0.2) is 0 Å². The average molecular weight is 463 g/mol. The number of aldehydes is 1. The zero-order valence-electron chi connectivity index (χ0n) is 18.7. The van der Waals surface area contributed by atoms with Gasteiger partial charge in [-0.15, -0.1) is 0 Å². The summed E-state index contributed by atoms with van der Waals surface area (Å²) in [4.78, 5) is 26.1. The summed E-state index contributed by atoms with van der Waals surface area (Å²) in [7, 11) is 1.81. The van der Waals surface area contributed by atoms with Gasteiger partial charge in [0, 0.05) is 31.5 Å². The number of rotatable bonds is 13. The van der Waals surface area contributed by atoms with E-state index in [1.807, 2.05) is 18.7 Å². The number of carbonyl (C=O) groups excluding carboxylic acids is 2. The Kier molecular flexibility index (Phi) is 10.4. The highest BCUT2D eigenvalue weighted by molar-refractivity contribution is 6.32. The highest BCUT2D eigenvalue weighted by Crippen LogP contribution is 2.25. The molecule has 0 saturated carbocycles. The number of ether oxygens (including phenoxy) is 1. The molecule has 1 heterocycles. The summed E-state index contributed by atoms with van der Waals surface area (Å²) in [5.41, 5.74) is 0. The molecule has 2 aromatic rings. The van der Waals surface area contributed by atoms with Gasteiger partial charge in [0.05, 0.1) is 17.6 Å². The number of amides is 1. The van der Waals surface area contributed by atoms with Crippen molar-refractivity contribution in [3.63, 3.8) is 0 Å². The van der Waals surface area contributed by atoms with E-state index in [2.05, 4.69) is 10.4 Å². The van der Waals surface area contributed by atoms with E-state index in [9.17, 15) is 9.59 Å². The third-order valence-electron chi connectivity index (χ3n) is 4.70. The fraction of sp³-hybridized carbons (Fsp3) is 0.435. The number of hydrogen-bond acceptors (Lipinski definition) is 6. The first kappa shape index (κ1) is 25.6. The van der Waals surface area contributed by atoms with Crippen LogP contribution in [0.1, 0.15) is 26.7 Å². The molecule has 32 heavy (non-hydrogen) atoms. The molecular weight excluding hydrogens is 432 g/mol. The highest BCUT2D eigenvalue weighted by Gasteiger charge is 2.26. The third-order valence-corrected chi connectivity index (χ3v) is 5.02. The average Bonchev–Trinajstić information content (AvgIpc) is 3.19. The molecule has 2 rings (SSSR count). The minimum Gasteiger partial charge on any atom is -0.459 e. The van der Waals surface area contributed by atoms with Crippen molar-refractivity contribution in [2.45, 2.75) is 39.3 Å². The van der Waals surface area contributed by atoms with Crippen LogP contribution in [0.2, 0.25) is 5.02 Å². The number of aryl methyl sites for hydroxylation is 1. The maximum atomic E-state index is 13.1. The number of aliphatic hydroxyl groups excluding tert-OH is 1. The van der Waals surface area contributed by atoms with E-state index in [0.29, 0.717) is 48.0 Å². The van der Waals surface area contributed by atoms with E-state index in [-0.39, 0.29) is 25.0 Å². The molecule has 0 bridgehead atoms. The normalized spacial score (nSPS) is 12.8. The number of halogens is 1. The van der Waals surface area contributed by atoms with Crippen LogP contribution < -0.4 is 10.1 Å². The zero-order valence-corrected chi connectivity index (χ0v) is 19.5. The first-order valence-corrected chi connectivity index (χ1v) is 10.9. The van der Waals surface area contributed by atoms with Crippen molar-refractivity contribution in [1.82, 2.24) is 14.7 Å². The molecule has 0 spiro atoms. The monoisotopic (exact) mass is 462 g/mol. The summed E-state index contributed by atoms with van der Waals surface area (Å²) in [5.74, 6) is 1.33. The van der Waals surface area contributed by atoms with E-state index in [4.69, 9.17) is 21.4 Å². The maximum Gasteiger partial charge on any atom is 0.242 e. The van der Waals surface area contributed by atoms with Gasteiger partial charge >= 0.3 is 0 Å². The Morgan fingerprint density at radius 2 is 2.09 bits per heavy atom. The molecular formula is C23H31ClN4O4. The summed E-state index contributed by atoms with van der Waals surface area (Å²) in [6.45, 7) is 4.97. The lowest BCUT2D eigenvalue weighted by molar-refractivity contribution is -0.121. The Balaban J connectivity index is 2.11. The molecule has 0 fully saturated rings. The van der Waals surface area contributed by atoms with Crippen molar-refractivity contribution in [3.8, 4) is 5.75 Å². The van der Waals surface area contributed by atoms with Crippen LogP contribution in [-0.4, -0.2) is 58.2 Å². The summed E-state index contributed by atoms with van der Waals surface area (Å²) in [6, 6.07) is 8.25. The standard InChI is InChI=1S/C23H31ClN4O4/c1-17(2)15-20(23(31)25-22-9-12-28(26-22)11-6-13-29)27(3)16-18(10-14-30)32-21-8-5-4-7-19(21)24/h4-5,7-10,12,14,17,20,29H,6,11,13,15-16H2,1-3H3,(H,25,26,31)/b18-10+. The molecule has 0 aliphatic carbocycles. The molecule has 1 aromatic carbocycles. The number of allylic oxidation sites excluding steroid dienone is 1. The molecule has 1 amide bonds. The molecule has 0 radical (unpaired) electrons. The second kappa shape index (κ2) is 13.0. The number of aliphatic hydroxyl groups is 1. The quantitative estimate of drug-likeness (QED) is 0.269. The molecule has 0 aliphatic rings. The van der Waals surface area contributed by atoms with Crippen molar-refractivity contribution in [2.24, 2.45) is 5.92 Å². The molecule has 1 atom stereocenters. The smallest absolute Gasteiger partial charge is 0.242 e. The van der Waals surface area contributed by atoms with Gasteiger partial charge < -0.3 is 15.2 Å². The SMILES string of the molecule is CC(C)CC(C(=O)Nc1ccn(CCCO)n1)N(C)C/C(=C\C=O)Oc1ccccc1Cl. The fourth-order valence-corrected chi connectivity index (χ4v) is 3.32. The second-order valence-corrected chi connectivity index (χ2v) is 8.30. The number of benzene rings is 1. The molecule has 174 valence electrons. The minimum atomic E-state index is -0.470. The Morgan fingerprint density at radius 3 is 2.75 bits per heavy atom. The molecule has 2 N–H and O–H groups in total. The number of nitrogens with one attached hydrogen (secondary N) is 1. The van der Waals surface area contributed by atoms with Crippen molar-refractivity contribution < 1.29 is 19.4 Å². The van der Waals surface area contributed by atoms with Crippen LogP contribution in [-0.2, 0) is 16.1 Å². The van der Waals surface area contributed by atoms with Crippen molar-refractivity contribution in [3.05, 3.63) is 53.4 Å². The van der Waals surface area contributed by atoms with E-state index in [0.717, 1.165) is 0 Å². The number of nitrogens with zero attached hydrogens (tertiary/aromatic N) is 3. The Morgan fingerprint density at radius 1 is 1.34 bits per heavy atom. The van der Waals surface area contributed by atoms with Gasteiger partial charge in [-0.3, -0.25) is 19.2 Å². The molecule has 0 saturated heterocycles. The molecule has 9 heteroatoms. The first-order chi connectivity index (χ1) is 15.3. The van der Waals surface area contributed by atoms with Gasteiger partial charge in [0.1, 0.15) is 17.8 Å². The molecule has 1 aromatic heterocycles. The maximum absolute atomic E-state index is 13.1. The number of aromatic nitrogens is 2. The van der Waals surface area contributed by atoms with Crippen LogP contribution in [0.25, 0.3) is 0 Å². The number of likely N-dealkylation sites (N-methyl/N-ethyl adjacent to an activating group) is 1. The highest BCUT2D eigenvalue weighted by atomic mass is 35.5. The molecule has 1 unspecified atom stereocenters. The van der Waals surface area contributed by atoms with E-state index in [1.54, 1.807) is 48.3 Å². The zero-order chi connectivity index (χ0) is 23.5. The van der Waals surface area contributed by atoms with Crippen LogP contribution >= 0.6 is 11.6 Å².